The van der Waals surface area contributed by atoms with Crippen LogP contribution in [0.15, 0.2) is 6.07 Å². The number of nitrogens with one attached hydrogen (secondary N) is 1. The second-order valence-corrected chi connectivity index (χ2v) is 7.13. The van der Waals surface area contributed by atoms with Crippen molar-refractivity contribution in [2.75, 3.05) is 31.6 Å². The zero-order chi connectivity index (χ0) is 15.2. The molecule has 1 N–H and O–H groups in total. The van der Waals surface area contributed by atoms with Crippen molar-refractivity contribution in [3.63, 3.8) is 0 Å². The van der Waals surface area contributed by atoms with Gasteiger partial charge in [-0.25, -0.2) is 0 Å². The van der Waals surface area contributed by atoms with Crippen molar-refractivity contribution in [2.45, 2.75) is 52.2 Å². The molecule has 1 aliphatic heterocycles. The van der Waals surface area contributed by atoms with E-state index in [-0.39, 0.29) is 0 Å². The summed E-state index contributed by atoms with van der Waals surface area (Å²) >= 11 is 2.09. The molecule has 0 radical (unpaired) electrons. The predicted octanol–water partition coefficient (Wildman–Crippen LogP) is 2.17. The summed E-state index contributed by atoms with van der Waals surface area (Å²) < 4.78 is 2.16. The zero-order valence-electron chi connectivity index (χ0n) is 13.9. The third-order valence-corrected chi connectivity index (χ3v) is 5.33. The molecule has 1 aliphatic rings. The van der Waals surface area contributed by atoms with Gasteiger partial charge in [-0.2, -0.15) is 16.9 Å². The molecule has 0 aromatic carbocycles. The van der Waals surface area contributed by atoms with Crippen molar-refractivity contribution in [3.05, 3.63) is 17.5 Å². The van der Waals surface area contributed by atoms with Gasteiger partial charge in [-0.15, -0.1) is 0 Å². The summed E-state index contributed by atoms with van der Waals surface area (Å²) in [6.45, 7) is 9.76. The Balaban J connectivity index is 2.11. The van der Waals surface area contributed by atoms with Gasteiger partial charge in [-0.3, -0.25) is 4.68 Å². The van der Waals surface area contributed by atoms with E-state index in [1.54, 1.807) is 0 Å². The van der Waals surface area contributed by atoms with E-state index in [1.165, 1.54) is 30.2 Å². The third-order valence-electron chi connectivity index (χ3n) is 4.28. The van der Waals surface area contributed by atoms with E-state index in [2.05, 4.69) is 65.6 Å². The minimum Gasteiger partial charge on any atom is -0.312 e. The molecule has 2 atom stereocenters. The van der Waals surface area contributed by atoms with Crippen LogP contribution >= 0.6 is 11.8 Å². The van der Waals surface area contributed by atoms with Crippen molar-refractivity contribution < 1.29 is 0 Å². The van der Waals surface area contributed by atoms with Crippen LogP contribution in [0.1, 0.15) is 31.7 Å². The van der Waals surface area contributed by atoms with Crippen molar-refractivity contribution in [2.24, 2.45) is 0 Å². The average molecular weight is 311 g/mol. The van der Waals surface area contributed by atoms with Gasteiger partial charge in [-0.1, -0.05) is 6.92 Å². The second kappa shape index (κ2) is 8.20. The molecule has 0 bridgehead atoms. The molecule has 120 valence electrons. The summed E-state index contributed by atoms with van der Waals surface area (Å²) in [6.07, 6.45) is 2.26. The van der Waals surface area contributed by atoms with E-state index in [4.69, 9.17) is 0 Å². The molecule has 0 spiro atoms. The SMILES string of the molecule is CCCNC(Cc1cc(C)nn1CC)C1CSCCN1C. The summed E-state index contributed by atoms with van der Waals surface area (Å²) in [7, 11) is 2.27. The van der Waals surface area contributed by atoms with Crippen LogP contribution < -0.4 is 5.32 Å². The first-order valence-corrected chi connectivity index (χ1v) is 9.35. The zero-order valence-corrected chi connectivity index (χ0v) is 14.7. The van der Waals surface area contributed by atoms with Gasteiger partial charge in [0.25, 0.3) is 0 Å². The Morgan fingerprint density at radius 3 is 2.95 bits per heavy atom. The summed E-state index contributed by atoms with van der Waals surface area (Å²) in [4.78, 5) is 2.53. The topological polar surface area (TPSA) is 33.1 Å². The number of rotatable bonds is 7. The number of nitrogens with zero attached hydrogens (tertiary/aromatic N) is 3. The summed E-state index contributed by atoms with van der Waals surface area (Å²) in [5.41, 5.74) is 2.50. The first-order chi connectivity index (χ1) is 10.2. The van der Waals surface area contributed by atoms with Crippen LogP contribution in [0.2, 0.25) is 0 Å². The second-order valence-electron chi connectivity index (χ2n) is 5.98. The standard InChI is InChI=1S/C16H30N4S/c1-5-7-17-15(16-12-21-9-8-19(16)4)11-14-10-13(3)18-20(14)6-2/h10,15-17H,5-9,11-12H2,1-4H3. The van der Waals surface area contributed by atoms with Crippen molar-refractivity contribution in [1.82, 2.24) is 20.0 Å². The Bertz CT molecular complexity index is 432. The van der Waals surface area contributed by atoms with Crippen molar-refractivity contribution in [3.8, 4) is 0 Å². The Labute approximate surface area is 133 Å². The molecule has 0 amide bonds. The van der Waals surface area contributed by atoms with E-state index >= 15 is 0 Å². The first kappa shape index (κ1) is 16.8. The molecule has 0 aliphatic carbocycles. The lowest BCUT2D eigenvalue weighted by Crippen LogP contribution is -2.54. The van der Waals surface area contributed by atoms with Crippen molar-refractivity contribution >= 4 is 11.8 Å². The van der Waals surface area contributed by atoms with E-state index in [0.717, 1.165) is 25.2 Å². The average Bonchev–Trinajstić information content (AvgIpc) is 2.84. The smallest absolute Gasteiger partial charge is 0.0596 e. The highest BCUT2D eigenvalue weighted by Gasteiger charge is 2.28. The van der Waals surface area contributed by atoms with E-state index < -0.39 is 0 Å². The predicted molar refractivity (Wildman–Crippen MR) is 92.2 cm³/mol. The maximum Gasteiger partial charge on any atom is 0.0596 e. The number of hydrogen-bond acceptors (Lipinski definition) is 4. The molecule has 2 rings (SSSR count). The molecule has 1 saturated heterocycles. The summed E-state index contributed by atoms with van der Waals surface area (Å²) in [6, 6.07) is 3.39. The number of aromatic nitrogens is 2. The van der Waals surface area contributed by atoms with Crippen LogP contribution in [-0.4, -0.2) is 58.4 Å². The van der Waals surface area contributed by atoms with Gasteiger partial charge in [0.05, 0.1) is 5.69 Å². The maximum absolute atomic E-state index is 4.60. The van der Waals surface area contributed by atoms with E-state index in [1.807, 2.05) is 0 Å². The highest BCUT2D eigenvalue weighted by molar-refractivity contribution is 7.99. The summed E-state index contributed by atoms with van der Waals surface area (Å²) in [5, 5.41) is 8.38. The van der Waals surface area contributed by atoms with Crippen LogP contribution in [-0.2, 0) is 13.0 Å². The Morgan fingerprint density at radius 1 is 1.48 bits per heavy atom. The van der Waals surface area contributed by atoms with Gasteiger partial charge in [0.1, 0.15) is 0 Å². The number of hydrogen-bond donors (Lipinski definition) is 1. The lowest BCUT2D eigenvalue weighted by molar-refractivity contribution is 0.212. The molecule has 2 unspecified atom stereocenters. The number of aryl methyl sites for hydroxylation is 2. The van der Waals surface area contributed by atoms with Gasteiger partial charge in [0.2, 0.25) is 0 Å². The van der Waals surface area contributed by atoms with Crippen LogP contribution in [0.3, 0.4) is 0 Å². The fourth-order valence-electron chi connectivity index (χ4n) is 3.07. The molecule has 5 heteroatoms. The van der Waals surface area contributed by atoms with E-state index in [0.29, 0.717) is 12.1 Å². The van der Waals surface area contributed by atoms with Crippen LogP contribution in [0.4, 0.5) is 0 Å². The number of thioether (sulfide) groups is 1. The molecule has 1 aromatic rings. The molecule has 21 heavy (non-hydrogen) atoms. The molecule has 1 fully saturated rings. The molecule has 1 aromatic heterocycles. The minimum absolute atomic E-state index is 0.518. The number of likely N-dealkylation sites (N-methyl/N-ethyl adjacent to an activating group) is 1. The van der Waals surface area contributed by atoms with Gasteiger partial charge in [0.15, 0.2) is 0 Å². The fourth-order valence-corrected chi connectivity index (χ4v) is 4.38. The Hall–Kier alpha value is -0.520. The van der Waals surface area contributed by atoms with Crippen LogP contribution in [0.25, 0.3) is 0 Å². The van der Waals surface area contributed by atoms with Gasteiger partial charge >= 0.3 is 0 Å². The lowest BCUT2D eigenvalue weighted by Gasteiger charge is -2.38. The molecular formula is C16H30N4S. The van der Waals surface area contributed by atoms with Crippen molar-refractivity contribution in [1.29, 1.82) is 0 Å². The quantitative estimate of drug-likeness (QED) is 0.837. The minimum atomic E-state index is 0.518. The maximum atomic E-state index is 4.60. The Kier molecular flexibility index (Phi) is 6.58. The fraction of sp³-hybridized carbons (Fsp3) is 0.812. The highest BCUT2D eigenvalue weighted by atomic mass is 32.2. The lowest BCUT2D eigenvalue weighted by atomic mass is 10.0. The van der Waals surface area contributed by atoms with Gasteiger partial charge < -0.3 is 10.2 Å². The molecule has 0 saturated carbocycles. The van der Waals surface area contributed by atoms with E-state index in [9.17, 15) is 0 Å². The third kappa shape index (κ3) is 4.47. The van der Waals surface area contributed by atoms with Crippen LogP contribution in [0.5, 0.6) is 0 Å². The van der Waals surface area contributed by atoms with Gasteiger partial charge in [-0.05, 0) is 39.9 Å². The monoisotopic (exact) mass is 310 g/mol. The highest BCUT2D eigenvalue weighted by Crippen LogP contribution is 2.20. The molecule has 4 nitrogen and oxygen atoms in total. The normalized spacial score (nSPS) is 21.6. The van der Waals surface area contributed by atoms with Crippen LogP contribution in [0, 0.1) is 6.92 Å². The largest absolute Gasteiger partial charge is 0.312 e. The molecular weight excluding hydrogens is 280 g/mol. The first-order valence-electron chi connectivity index (χ1n) is 8.20. The molecule has 2 heterocycles. The Morgan fingerprint density at radius 2 is 2.29 bits per heavy atom. The van der Waals surface area contributed by atoms with Gasteiger partial charge in [0, 0.05) is 48.8 Å². The summed E-state index contributed by atoms with van der Waals surface area (Å²) in [5.74, 6) is 2.50.